The van der Waals surface area contributed by atoms with Crippen molar-refractivity contribution in [2.75, 3.05) is 65.7 Å². The third-order valence-corrected chi connectivity index (χ3v) is 7.77. The number of nitrogens with zero attached hydrogens (tertiary/aromatic N) is 2. The van der Waals surface area contributed by atoms with E-state index in [1.54, 1.807) is 24.3 Å². The molecule has 0 bridgehead atoms. The number of benzene rings is 2. The molecule has 2 fully saturated rings. The molecule has 2 aliphatic heterocycles. The molecular weight excluding hydrogens is 502 g/mol. The average molecular weight is 543 g/mol. The Labute approximate surface area is 230 Å². The molecule has 0 aliphatic carbocycles. The summed E-state index contributed by atoms with van der Waals surface area (Å²) in [6.45, 7) is 7.25. The lowest BCUT2D eigenvalue weighted by atomic mass is 9.89. The number of rotatable bonds is 14. The van der Waals surface area contributed by atoms with Gasteiger partial charge in [0.2, 0.25) is 0 Å². The van der Waals surface area contributed by atoms with E-state index < -0.39 is 0 Å². The maximum Gasteiger partial charge on any atom is 0.167 e. The largest absolute Gasteiger partial charge is 0.379 e. The van der Waals surface area contributed by atoms with Crippen LogP contribution in [0, 0.1) is 23.5 Å². The van der Waals surface area contributed by atoms with E-state index in [1.807, 2.05) is 0 Å². The van der Waals surface area contributed by atoms with Crippen LogP contribution in [0.1, 0.15) is 52.8 Å². The Morgan fingerprint density at radius 3 is 1.33 bits per heavy atom. The molecule has 8 heteroatoms. The van der Waals surface area contributed by atoms with Crippen LogP contribution in [0.5, 0.6) is 0 Å². The van der Waals surface area contributed by atoms with Crippen LogP contribution in [0.15, 0.2) is 48.5 Å². The second-order valence-electron chi connectivity index (χ2n) is 10.6. The SMILES string of the molecule is O=C(c1ccc(F)cc1)[C@H](CCCCC[C@H](CN1CCOCC1)C(=O)c1ccc(F)cc1)CN1CCOCC1. The van der Waals surface area contributed by atoms with Gasteiger partial charge in [-0.25, -0.2) is 8.78 Å². The molecule has 2 aliphatic rings. The zero-order chi connectivity index (χ0) is 27.5. The fraction of sp³-hybridized carbons (Fsp3) is 0.548. The number of carbonyl (C=O) groups is 2. The predicted octanol–water partition coefficient (Wildman–Crippen LogP) is 4.88. The van der Waals surface area contributed by atoms with Crippen molar-refractivity contribution in [1.29, 1.82) is 0 Å². The summed E-state index contributed by atoms with van der Waals surface area (Å²) in [5, 5.41) is 0. The standard InChI is InChI=1S/C31H40F2N2O4/c32-28-10-6-24(7-11-28)30(36)26(22-34-14-18-38-19-15-34)4-2-1-3-5-27(23-35-16-20-39-21-17-35)31(37)25-8-12-29(33)13-9-25/h6-13,26-27H,1-5,14-23H2/t26-,27-/m1/s1. The monoisotopic (exact) mass is 542 g/mol. The minimum Gasteiger partial charge on any atom is -0.379 e. The number of ether oxygens (including phenoxy) is 2. The molecule has 4 rings (SSSR count). The van der Waals surface area contributed by atoms with Crippen LogP contribution in [-0.4, -0.2) is 87.1 Å². The fourth-order valence-electron chi connectivity index (χ4n) is 5.46. The Kier molecular flexibility index (Phi) is 11.6. The lowest BCUT2D eigenvalue weighted by molar-refractivity contribution is 0.0288. The number of hydrogen-bond donors (Lipinski definition) is 0. The third kappa shape index (κ3) is 9.28. The highest BCUT2D eigenvalue weighted by atomic mass is 19.1. The van der Waals surface area contributed by atoms with Gasteiger partial charge in [0.1, 0.15) is 11.6 Å². The number of carbonyl (C=O) groups excluding carboxylic acids is 2. The second-order valence-corrected chi connectivity index (χ2v) is 10.6. The van der Waals surface area contributed by atoms with Gasteiger partial charge >= 0.3 is 0 Å². The fourth-order valence-corrected chi connectivity index (χ4v) is 5.46. The van der Waals surface area contributed by atoms with Crippen molar-refractivity contribution >= 4 is 11.6 Å². The van der Waals surface area contributed by atoms with E-state index in [2.05, 4.69) is 9.80 Å². The van der Waals surface area contributed by atoms with Crippen LogP contribution >= 0.6 is 0 Å². The van der Waals surface area contributed by atoms with Crippen LogP contribution < -0.4 is 0 Å². The molecule has 0 aromatic heterocycles. The summed E-state index contributed by atoms with van der Waals surface area (Å²) in [6, 6.07) is 11.6. The number of halogens is 2. The lowest BCUT2D eigenvalue weighted by Gasteiger charge is -2.30. The molecule has 212 valence electrons. The topological polar surface area (TPSA) is 59.1 Å². The first kappa shape index (κ1) is 29.5. The van der Waals surface area contributed by atoms with Crippen LogP contribution in [0.3, 0.4) is 0 Å². The number of morpholine rings is 2. The van der Waals surface area contributed by atoms with Crippen LogP contribution in [0.25, 0.3) is 0 Å². The molecule has 39 heavy (non-hydrogen) atoms. The number of unbranched alkanes of at least 4 members (excludes halogenated alkanes) is 2. The maximum absolute atomic E-state index is 13.4. The summed E-state index contributed by atoms with van der Waals surface area (Å²) >= 11 is 0. The molecule has 0 N–H and O–H groups in total. The molecule has 0 amide bonds. The van der Waals surface area contributed by atoms with Crippen molar-refractivity contribution in [3.8, 4) is 0 Å². The van der Waals surface area contributed by atoms with Gasteiger partial charge in [0, 0.05) is 62.2 Å². The first-order valence-electron chi connectivity index (χ1n) is 14.2. The quantitative estimate of drug-likeness (QED) is 0.251. The molecule has 2 aromatic rings. The summed E-state index contributed by atoms with van der Waals surface area (Å²) in [4.78, 5) is 31.2. The molecule has 0 saturated carbocycles. The van der Waals surface area contributed by atoms with Gasteiger partial charge in [0.25, 0.3) is 0 Å². The summed E-state index contributed by atoms with van der Waals surface area (Å²) < 4.78 is 37.8. The summed E-state index contributed by atoms with van der Waals surface area (Å²) in [5.74, 6) is -0.926. The van der Waals surface area contributed by atoms with Crippen LogP contribution in [0.2, 0.25) is 0 Å². The Bertz CT molecular complexity index is 952. The highest BCUT2D eigenvalue weighted by Crippen LogP contribution is 2.22. The van der Waals surface area contributed by atoms with E-state index >= 15 is 0 Å². The third-order valence-electron chi connectivity index (χ3n) is 7.77. The zero-order valence-corrected chi connectivity index (χ0v) is 22.7. The molecule has 0 radical (unpaired) electrons. The normalized spacial score (nSPS) is 18.5. The van der Waals surface area contributed by atoms with Crippen LogP contribution in [0.4, 0.5) is 8.78 Å². The van der Waals surface area contributed by atoms with Gasteiger partial charge in [-0.05, 0) is 61.4 Å². The Balaban J connectivity index is 1.32. The Hall–Kier alpha value is -2.52. The molecular formula is C31H40F2N2O4. The average Bonchev–Trinajstić information content (AvgIpc) is 2.97. The van der Waals surface area contributed by atoms with Gasteiger partial charge in [-0.3, -0.25) is 19.4 Å². The first-order valence-corrected chi connectivity index (χ1v) is 14.2. The summed E-state index contributed by atoms with van der Waals surface area (Å²) in [5.41, 5.74) is 1.09. The number of Topliss-reactive ketones (excluding diaryl/α,β-unsaturated/α-hetero) is 2. The lowest BCUT2D eigenvalue weighted by Crippen LogP contribution is -2.41. The van der Waals surface area contributed by atoms with E-state index in [0.29, 0.717) is 50.6 Å². The molecule has 0 spiro atoms. The Morgan fingerprint density at radius 1 is 0.615 bits per heavy atom. The first-order chi connectivity index (χ1) is 19.0. The van der Waals surface area contributed by atoms with Crippen molar-refractivity contribution in [3.63, 3.8) is 0 Å². The summed E-state index contributed by atoms with van der Waals surface area (Å²) in [6.07, 6.45) is 4.14. The highest BCUT2D eigenvalue weighted by Gasteiger charge is 2.26. The maximum atomic E-state index is 13.4. The number of hydrogen-bond acceptors (Lipinski definition) is 6. The zero-order valence-electron chi connectivity index (χ0n) is 22.7. The molecule has 2 atom stereocenters. The van der Waals surface area contributed by atoms with Gasteiger partial charge < -0.3 is 9.47 Å². The van der Waals surface area contributed by atoms with Crippen molar-refractivity contribution in [2.24, 2.45) is 11.8 Å². The van der Waals surface area contributed by atoms with E-state index in [1.165, 1.54) is 24.3 Å². The van der Waals surface area contributed by atoms with Gasteiger partial charge in [0.05, 0.1) is 26.4 Å². The minimum absolute atomic E-state index is 0.0539. The van der Waals surface area contributed by atoms with Crippen molar-refractivity contribution in [1.82, 2.24) is 9.80 Å². The van der Waals surface area contributed by atoms with Gasteiger partial charge in [-0.2, -0.15) is 0 Å². The minimum atomic E-state index is -0.349. The van der Waals surface area contributed by atoms with Crippen molar-refractivity contribution < 1.29 is 27.8 Å². The van der Waals surface area contributed by atoms with Gasteiger partial charge in [0.15, 0.2) is 11.6 Å². The van der Waals surface area contributed by atoms with E-state index in [0.717, 1.165) is 58.3 Å². The van der Waals surface area contributed by atoms with Gasteiger partial charge in [-0.1, -0.05) is 19.3 Å². The summed E-state index contributed by atoms with van der Waals surface area (Å²) in [7, 11) is 0. The number of ketones is 2. The van der Waals surface area contributed by atoms with Crippen LogP contribution in [-0.2, 0) is 9.47 Å². The van der Waals surface area contributed by atoms with E-state index in [9.17, 15) is 18.4 Å². The second kappa shape index (κ2) is 15.3. The smallest absolute Gasteiger partial charge is 0.167 e. The predicted molar refractivity (Wildman–Crippen MR) is 146 cm³/mol. The van der Waals surface area contributed by atoms with E-state index in [-0.39, 0.29) is 35.0 Å². The van der Waals surface area contributed by atoms with E-state index in [4.69, 9.17) is 9.47 Å². The molecule has 2 aromatic carbocycles. The van der Waals surface area contributed by atoms with Crippen molar-refractivity contribution in [2.45, 2.75) is 32.1 Å². The Morgan fingerprint density at radius 2 is 0.974 bits per heavy atom. The molecule has 0 unspecified atom stereocenters. The highest BCUT2D eigenvalue weighted by molar-refractivity contribution is 5.98. The molecule has 2 saturated heterocycles. The molecule has 2 heterocycles. The molecule has 6 nitrogen and oxygen atoms in total. The van der Waals surface area contributed by atoms with Crippen molar-refractivity contribution in [3.05, 3.63) is 71.3 Å². The van der Waals surface area contributed by atoms with Gasteiger partial charge in [-0.15, -0.1) is 0 Å².